The zero-order chi connectivity index (χ0) is 9.26. The van der Waals surface area contributed by atoms with Crippen LogP contribution in [0.5, 0.6) is 0 Å². The van der Waals surface area contributed by atoms with E-state index in [0.29, 0.717) is 6.42 Å². The topological polar surface area (TPSA) is 20.2 Å². The molecule has 1 aromatic carbocycles. The van der Waals surface area contributed by atoms with E-state index in [1.165, 1.54) is 4.70 Å². The predicted octanol–water partition coefficient (Wildman–Crippen LogP) is 3.09. The molecule has 0 amide bonds. The van der Waals surface area contributed by atoms with Crippen LogP contribution in [0.2, 0.25) is 5.02 Å². The summed E-state index contributed by atoms with van der Waals surface area (Å²) in [5, 5.41) is 10.7. The van der Waals surface area contributed by atoms with Crippen LogP contribution in [0.25, 0.3) is 10.1 Å². The fourth-order valence-electron chi connectivity index (χ4n) is 1.33. The molecular formula is C10H9ClOS. The molecule has 0 atom stereocenters. The van der Waals surface area contributed by atoms with Gasteiger partial charge in [0.15, 0.2) is 0 Å². The van der Waals surface area contributed by atoms with Crippen LogP contribution in [0.4, 0.5) is 0 Å². The number of aliphatic hydroxyl groups excluding tert-OH is 1. The molecule has 0 saturated carbocycles. The van der Waals surface area contributed by atoms with Crippen LogP contribution in [0, 0.1) is 0 Å². The molecule has 0 unspecified atom stereocenters. The Bertz CT molecular complexity index is 422. The molecule has 13 heavy (non-hydrogen) atoms. The largest absolute Gasteiger partial charge is 0.396 e. The molecule has 0 aliphatic heterocycles. The number of benzene rings is 1. The first kappa shape index (κ1) is 9.00. The number of fused-ring (bicyclic) bond motifs is 1. The zero-order valence-corrected chi connectivity index (χ0v) is 8.53. The molecule has 0 bridgehead atoms. The number of halogens is 1. The molecule has 1 nitrogen and oxygen atoms in total. The summed E-state index contributed by atoms with van der Waals surface area (Å²) < 4.78 is 1.19. The molecule has 0 fully saturated rings. The van der Waals surface area contributed by atoms with Crippen molar-refractivity contribution >= 4 is 33.0 Å². The number of aliphatic hydroxyl groups is 1. The fraction of sp³-hybridized carbons (Fsp3) is 0.200. The molecule has 2 aromatic rings. The highest BCUT2D eigenvalue weighted by Gasteiger charge is 2.08. The van der Waals surface area contributed by atoms with Crippen LogP contribution in [0.15, 0.2) is 24.3 Å². The third kappa shape index (κ3) is 1.57. The highest BCUT2D eigenvalue weighted by atomic mass is 35.5. The van der Waals surface area contributed by atoms with Gasteiger partial charge in [-0.1, -0.05) is 29.8 Å². The third-order valence-corrected chi connectivity index (χ3v) is 3.71. The van der Waals surface area contributed by atoms with Gasteiger partial charge < -0.3 is 5.11 Å². The van der Waals surface area contributed by atoms with Crippen LogP contribution in [-0.4, -0.2) is 11.7 Å². The minimum atomic E-state index is 0.159. The van der Waals surface area contributed by atoms with Gasteiger partial charge in [-0.3, -0.25) is 0 Å². The molecule has 0 saturated heterocycles. The molecular weight excluding hydrogens is 204 g/mol. The van der Waals surface area contributed by atoms with Crippen molar-refractivity contribution in [2.45, 2.75) is 6.42 Å². The van der Waals surface area contributed by atoms with Crippen molar-refractivity contribution < 1.29 is 5.11 Å². The Kier molecular flexibility index (Phi) is 2.54. The Morgan fingerprint density at radius 2 is 2.08 bits per heavy atom. The van der Waals surface area contributed by atoms with E-state index < -0.39 is 0 Å². The van der Waals surface area contributed by atoms with E-state index in [1.54, 1.807) is 11.3 Å². The standard InChI is InChI=1S/C10H9ClOS/c11-10-7-3-1-2-4-8(7)13-9(10)5-6-12/h1-4,12H,5-6H2. The van der Waals surface area contributed by atoms with Crippen molar-refractivity contribution in [1.29, 1.82) is 0 Å². The Balaban J connectivity index is 2.60. The fourth-order valence-corrected chi connectivity index (χ4v) is 2.84. The van der Waals surface area contributed by atoms with Crippen LogP contribution < -0.4 is 0 Å². The lowest BCUT2D eigenvalue weighted by Crippen LogP contribution is -1.86. The molecule has 68 valence electrons. The maximum absolute atomic E-state index is 8.82. The van der Waals surface area contributed by atoms with Gasteiger partial charge in [0.05, 0.1) is 5.02 Å². The molecule has 1 heterocycles. The van der Waals surface area contributed by atoms with Gasteiger partial charge in [-0.2, -0.15) is 0 Å². The zero-order valence-electron chi connectivity index (χ0n) is 6.96. The second-order valence-corrected chi connectivity index (χ2v) is 4.32. The Morgan fingerprint density at radius 3 is 2.77 bits per heavy atom. The maximum atomic E-state index is 8.82. The molecule has 0 aliphatic rings. The Labute approximate surface area is 85.6 Å². The molecule has 0 radical (unpaired) electrons. The molecule has 3 heteroatoms. The third-order valence-electron chi connectivity index (χ3n) is 1.94. The van der Waals surface area contributed by atoms with Gasteiger partial charge >= 0.3 is 0 Å². The van der Waals surface area contributed by atoms with Gasteiger partial charge in [-0.25, -0.2) is 0 Å². The number of hydrogen-bond acceptors (Lipinski definition) is 2. The molecule has 0 spiro atoms. The van der Waals surface area contributed by atoms with Crippen molar-refractivity contribution in [2.24, 2.45) is 0 Å². The van der Waals surface area contributed by atoms with E-state index in [0.717, 1.165) is 15.3 Å². The van der Waals surface area contributed by atoms with E-state index in [-0.39, 0.29) is 6.61 Å². The van der Waals surface area contributed by atoms with Gasteiger partial charge in [-0.05, 0) is 6.07 Å². The number of thiophene rings is 1. The smallest absolute Gasteiger partial charge is 0.0624 e. The predicted molar refractivity (Wildman–Crippen MR) is 57.6 cm³/mol. The minimum Gasteiger partial charge on any atom is -0.396 e. The molecule has 2 rings (SSSR count). The summed E-state index contributed by atoms with van der Waals surface area (Å²) in [6, 6.07) is 8.03. The lowest BCUT2D eigenvalue weighted by atomic mass is 10.2. The average Bonchev–Trinajstić information content (AvgIpc) is 2.46. The van der Waals surface area contributed by atoms with Crippen LogP contribution in [0.3, 0.4) is 0 Å². The summed E-state index contributed by atoms with van der Waals surface area (Å²) in [6.45, 7) is 0.159. The van der Waals surface area contributed by atoms with Crippen molar-refractivity contribution in [1.82, 2.24) is 0 Å². The highest BCUT2D eigenvalue weighted by Crippen LogP contribution is 2.35. The van der Waals surface area contributed by atoms with Crippen LogP contribution >= 0.6 is 22.9 Å². The first-order chi connectivity index (χ1) is 6.33. The average molecular weight is 213 g/mol. The summed E-state index contributed by atoms with van der Waals surface area (Å²) in [6.07, 6.45) is 0.651. The monoisotopic (exact) mass is 212 g/mol. The van der Waals surface area contributed by atoms with E-state index in [2.05, 4.69) is 0 Å². The Hall–Kier alpha value is -0.570. The van der Waals surface area contributed by atoms with E-state index in [9.17, 15) is 0 Å². The summed E-state index contributed by atoms with van der Waals surface area (Å²) in [5.74, 6) is 0. The lowest BCUT2D eigenvalue weighted by molar-refractivity contribution is 0.300. The van der Waals surface area contributed by atoms with Crippen LogP contribution in [-0.2, 0) is 6.42 Å². The number of rotatable bonds is 2. The minimum absolute atomic E-state index is 0.159. The van der Waals surface area contributed by atoms with Gasteiger partial charge in [0.2, 0.25) is 0 Å². The van der Waals surface area contributed by atoms with Gasteiger partial charge in [0, 0.05) is 28.0 Å². The second kappa shape index (κ2) is 3.66. The van der Waals surface area contributed by atoms with Crippen molar-refractivity contribution in [3.05, 3.63) is 34.2 Å². The van der Waals surface area contributed by atoms with E-state index >= 15 is 0 Å². The van der Waals surface area contributed by atoms with Gasteiger partial charge in [-0.15, -0.1) is 11.3 Å². The van der Waals surface area contributed by atoms with E-state index in [4.69, 9.17) is 16.7 Å². The van der Waals surface area contributed by atoms with Crippen molar-refractivity contribution in [2.75, 3.05) is 6.61 Å². The summed E-state index contributed by atoms with van der Waals surface area (Å²) in [5.41, 5.74) is 0. The van der Waals surface area contributed by atoms with Crippen molar-refractivity contribution in [3.63, 3.8) is 0 Å². The first-order valence-electron chi connectivity index (χ1n) is 4.09. The SMILES string of the molecule is OCCc1sc2ccccc2c1Cl. The molecule has 0 aliphatic carbocycles. The first-order valence-corrected chi connectivity index (χ1v) is 5.29. The quantitative estimate of drug-likeness (QED) is 0.811. The maximum Gasteiger partial charge on any atom is 0.0624 e. The molecule has 1 N–H and O–H groups in total. The van der Waals surface area contributed by atoms with Gasteiger partial charge in [0.25, 0.3) is 0 Å². The van der Waals surface area contributed by atoms with Crippen LogP contribution in [0.1, 0.15) is 4.88 Å². The number of hydrogen-bond donors (Lipinski definition) is 1. The van der Waals surface area contributed by atoms with E-state index in [1.807, 2.05) is 24.3 Å². The highest BCUT2D eigenvalue weighted by molar-refractivity contribution is 7.19. The second-order valence-electron chi connectivity index (χ2n) is 2.81. The summed E-state index contributed by atoms with van der Waals surface area (Å²) >= 11 is 7.79. The summed E-state index contributed by atoms with van der Waals surface area (Å²) in [4.78, 5) is 1.07. The molecule has 1 aromatic heterocycles. The van der Waals surface area contributed by atoms with Crippen molar-refractivity contribution in [3.8, 4) is 0 Å². The Morgan fingerprint density at radius 1 is 1.31 bits per heavy atom. The lowest BCUT2D eigenvalue weighted by Gasteiger charge is -1.91. The normalized spacial score (nSPS) is 10.9. The van der Waals surface area contributed by atoms with Gasteiger partial charge in [0.1, 0.15) is 0 Å². The summed E-state index contributed by atoms with van der Waals surface area (Å²) in [7, 11) is 0.